The number of amides is 2. The predicted octanol–water partition coefficient (Wildman–Crippen LogP) is 1.24. The number of aromatic nitrogens is 1. The van der Waals surface area contributed by atoms with Gasteiger partial charge in [-0.1, -0.05) is 25.9 Å². The Labute approximate surface area is 118 Å². The number of aryl methyl sites for hydroxylation is 1. The van der Waals surface area contributed by atoms with Crippen molar-refractivity contribution in [1.29, 1.82) is 0 Å². The minimum absolute atomic E-state index is 0.0461. The third kappa shape index (κ3) is 2.69. The van der Waals surface area contributed by atoms with Crippen molar-refractivity contribution in [3.8, 4) is 0 Å². The van der Waals surface area contributed by atoms with E-state index in [0.717, 1.165) is 0 Å². The molecular formula is C14H21N3O3. The highest BCUT2D eigenvalue weighted by Gasteiger charge is 2.41. The fourth-order valence-corrected chi connectivity index (χ4v) is 2.58. The van der Waals surface area contributed by atoms with Gasteiger partial charge in [0, 0.05) is 6.07 Å². The molecule has 6 heteroatoms. The molecule has 2 amide bonds. The van der Waals surface area contributed by atoms with Gasteiger partial charge in [0.25, 0.3) is 0 Å². The van der Waals surface area contributed by atoms with Crippen LogP contribution in [0.2, 0.25) is 0 Å². The van der Waals surface area contributed by atoms with Crippen molar-refractivity contribution in [2.75, 3.05) is 0 Å². The van der Waals surface area contributed by atoms with Gasteiger partial charge in [-0.15, -0.1) is 0 Å². The van der Waals surface area contributed by atoms with Crippen LogP contribution >= 0.6 is 0 Å². The molecule has 0 aliphatic carbocycles. The summed E-state index contributed by atoms with van der Waals surface area (Å²) in [4.78, 5) is 26.3. The van der Waals surface area contributed by atoms with Crippen molar-refractivity contribution in [1.82, 2.24) is 15.4 Å². The van der Waals surface area contributed by atoms with E-state index in [4.69, 9.17) is 4.52 Å². The van der Waals surface area contributed by atoms with Gasteiger partial charge >= 0.3 is 0 Å². The predicted molar refractivity (Wildman–Crippen MR) is 72.6 cm³/mol. The van der Waals surface area contributed by atoms with Gasteiger partial charge in [-0.05, 0) is 19.3 Å². The van der Waals surface area contributed by atoms with Gasteiger partial charge in [0.1, 0.15) is 23.5 Å². The van der Waals surface area contributed by atoms with Crippen molar-refractivity contribution < 1.29 is 14.1 Å². The molecule has 1 aliphatic heterocycles. The molecule has 1 fully saturated rings. The zero-order valence-electron chi connectivity index (χ0n) is 12.3. The van der Waals surface area contributed by atoms with Crippen LogP contribution in [0, 0.1) is 12.8 Å². The summed E-state index contributed by atoms with van der Waals surface area (Å²) in [6.07, 6.45) is 0.587. The van der Waals surface area contributed by atoms with Gasteiger partial charge in [-0.3, -0.25) is 9.59 Å². The number of nitrogens with one attached hydrogen (secondary N) is 1. The first-order valence-electron chi connectivity index (χ1n) is 6.97. The number of carbonyl (C=O) groups is 2. The Bertz CT molecular complexity index is 510. The number of nitrogens with zero attached hydrogens (tertiary/aromatic N) is 2. The fraction of sp³-hybridized carbons (Fsp3) is 0.643. The van der Waals surface area contributed by atoms with Crippen LogP contribution < -0.4 is 5.32 Å². The molecule has 110 valence electrons. The Morgan fingerprint density at radius 2 is 2.15 bits per heavy atom. The van der Waals surface area contributed by atoms with Crippen molar-refractivity contribution in [2.45, 2.75) is 52.7 Å². The molecule has 2 atom stereocenters. The van der Waals surface area contributed by atoms with E-state index in [-0.39, 0.29) is 17.7 Å². The summed E-state index contributed by atoms with van der Waals surface area (Å²) in [6.45, 7) is 7.87. The summed E-state index contributed by atoms with van der Waals surface area (Å²) in [5.41, 5.74) is 0.672. The van der Waals surface area contributed by atoms with Crippen molar-refractivity contribution in [2.24, 2.45) is 5.92 Å². The first-order valence-corrected chi connectivity index (χ1v) is 6.97. The fourth-order valence-electron chi connectivity index (χ4n) is 2.58. The first kappa shape index (κ1) is 14.6. The van der Waals surface area contributed by atoms with E-state index in [9.17, 15) is 9.59 Å². The molecule has 0 bridgehead atoms. The molecule has 0 saturated carbocycles. The zero-order chi connectivity index (χ0) is 14.9. The molecule has 20 heavy (non-hydrogen) atoms. The van der Waals surface area contributed by atoms with Crippen molar-refractivity contribution >= 4 is 11.8 Å². The number of piperazine rings is 1. The Balaban J connectivity index is 2.27. The second kappa shape index (κ2) is 5.64. The normalized spacial score (nSPS) is 23.4. The summed E-state index contributed by atoms with van der Waals surface area (Å²) in [5, 5.41) is 6.71. The molecule has 2 unspecified atom stereocenters. The average Bonchev–Trinajstić information content (AvgIpc) is 2.78. The molecule has 2 rings (SSSR count). The lowest BCUT2D eigenvalue weighted by Gasteiger charge is -2.40. The summed E-state index contributed by atoms with van der Waals surface area (Å²) >= 11 is 0. The van der Waals surface area contributed by atoms with Crippen LogP contribution in [0.3, 0.4) is 0 Å². The second-order valence-corrected chi connectivity index (χ2v) is 5.55. The Morgan fingerprint density at radius 1 is 1.45 bits per heavy atom. The molecule has 0 radical (unpaired) electrons. The maximum atomic E-state index is 12.5. The molecule has 1 aromatic heterocycles. The summed E-state index contributed by atoms with van der Waals surface area (Å²) < 4.78 is 5.03. The molecule has 2 heterocycles. The smallest absolute Gasteiger partial charge is 0.246 e. The molecule has 1 saturated heterocycles. The highest BCUT2D eigenvalue weighted by Crippen LogP contribution is 2.21. The van der Waals surface area contributed by atoms with Gasteiger partial charge < -0.3 is 14.7 Å². The minimum atomic E-state index is -0.456. The lowest BCUT2D eigenvalue weighted by Crippen LogP contribution is -2.64. The van der Waals surface area contributed by atoms with Crippen LogP contribution in [-0.2, 0) is 16.1 Å². The monoisotopic (exact) mass is 279 g/mol. The maximum absolute atomic E-state index is 12.5. The molecule has 1 aliphatic rings. The van der Waals surface area contributed by atoms with E-state index in [1.54, 1.807) is 17.9 Å². The van der Waals surface area contributed by atoms with Crippen LogP contribution in [-0.4, -0.2) is 34.0 Å². The first-order chi connectivity index (χ1) is 9.43. The summed E-state index contributed by atoms with van der Waals surface area (Å²) in [7, 11) is 0. The largest absolute Gasteiger partial charge is 0.361 e. The minimum Gasteiger partial charge on any atom is -0.361 e. The summed E-state index contributed by atoms with van der Waals surface area (Å²) in [6, 6.07) is 0.894. The lowest BCUT2D eigenvalue weighted by atomic mass is 9.96. The standard InChI is InChI=1S/C14H21N3O3/c1-5-11-14(19)17(7-10-6-9(4)20-16-10)12(8(2)3)13(18)15-11/h6,8,11-12H,5,7H2,1-4H3,(H,15,18). The third-order valence-corrected chi connectivity index (χ3v) is 3.55. The van der Waals surface area contributed by atoms with Gasteiger partial charge in [0.15, 0.2) is 0 Å². The van der Waals surface area contributed by atoms with E-state index in [1.807, 2.05) is 20.8 Å². The molecular weight excluding hydrogens is 258 g/mol. The van der Waals surface area contributed by atoms with Crippen molar-refractivity contribution in [3.63, 3.8) is 0 Å². The molecule has 1 aromatic rings. The van der Waals surface area contributed by atoms with Crippen LogP contribution in [0.1, 0.15) is 38.6 Å². The van der Waals surface area contributed by atoms with Crippen LogP contribution in [0.25, 0.3) is 0 Å². The quantitative estimate of drug-likeness (QED) is 0.900. The Morgan fingerprint density at radius 3 is 2.65 bits per heavy atom. The molecule has 6 nitrogen and oxygen atoms in total. The van der Waals surface area contributed by atoms with Gasteiger partial charge in [-0.25, -0.2) is 0 Å². The Kier molecular flexibility index (Phi) is 4.11. The molecule has 1 N–H and O–H groups in total. The van der Waals surface area contributed by atoms with Crippen LogP contribution in [0.5, 0.6) is 0 Å². The van der Waals surface area contributed by atoms with Gasteiger partial charge in [0.2, 0.25) is 11.8 Å². The van der Waals surface area contributed by atoms with E-state index < -0.39 is 12.1 Å². The zero-order valence-corrected chi connectivity index (χ0v) is 12.3. The van der Waals surface area contributed by atoms with E-state index in [0.29, 0.717) is 24.4 Å². The number of hydrogen-bond donors (Lipinski definition) is 1. The van der Waals surface area contributed by atoms with Crippen LogP contribution in [0.4, 0.5) is 0 Å². The highest BCUT2D eigenvalue weighted by atomic mass is 16.5. The van der Waals surface area contributed by atoms with Gasteiger partial charge in [-0.2, -0.15) is 0 Å². The topological polar surface area (TPSA) is 75.4 Å². The SMILES string of the molecule is CCC1NC(=O)C(C(C)C)N(Cc2cc(C)on2)C1=O. The third-order valence-electron chi connectivity index (χ3n) is 3.55. The van der Waals surface area contributed by atoms with E-state index in [1.165, 1.54) is 0 Å². The number of hydrogen-bond acceptors (Lipinski definition) is 4. The lowest BCUT2D eigenvalue weighted by molar-refractivity contribution is -0.152. The van der Waals surface area contributed by atoms with Crippen molar-refractivity contribution in [3.05, 3.63) is 17.5 Å². The second-order valence-electron chi connectivity index (χ2n) is 5.55. The average molecular weight is 279 g/mol. The van der Waals surface area contributed by atoms with E-state index in [2.05, 4.69) is 10.5 Å². The molecule has 0 spiro atoms. The van der Waals surface area contributed by atoms with Crippen LogP contribution in [0.15, 0.2) is 10.6 Å². The number of carbonyl (C=O) groups excluding carboxylic acids is 2. The molecule has 0 aromatic carbocycles. The summed E-state index contributed by atoms with van der Waals surface area (Å²) in [5.74, 6) is 0.602. The maximum Gasteiger partial charge on any atom is 0.246 e. The van der Waals surface area contributed by atoms with Gasteiger partial charge in [0.05, 0.1) is 6.54 Å². The number of rotatable bonds is 4. The van der Waals surface area contributed by atoms with E-state index >= 15 is 0 Å². The highest BCUT2D eigenvalue weighted by molar-refractivity contribution is 5.97. The Hall–Kier alpha value is -1.85.